The zero-order valence-corrected chi connectivity index (χ0v) is 19.2. The fourth-order valence-electron chi connectivity index (χ4n) is 3.21. The summed E-state index contributed by atoms with van der Waals surface area (Å²) in [6, 6.07) is -0.613. The average Bonchev–Trinajstić information content (AvgIpc) is 3.20. The number of hydrogen-bond donors (Lipinski definition) is 4. The molecule has 4 heterocycles. The third kappa shape index (κ3) is 5.20. The van der Waals surface area contributed by atoms with Crippen LogP contribution in [-0.4, -0.2) is 72.8 Å². The Balaban J connectivity index is 0.000000406. The number of carboxylic acids is 2. The van der Waals surface area contributed by atoms with E-state index in [0.717, 1.165) is 17.4 Å². The lowest BCUT2D eigenvalue weighted by Crippen LogP contribution is -2.68. The van der Waals surface area contributed by atoms with Gasteiger partial charge in [0, 0.05) is 24.7 Å². The van der Waals surface area contributed by atoms with Crippen LogP contribution in [0.1, 0.15) is 6.92 Å². The van der Waals surface area contributed by atoms with E-state index in [9.17, 15) is 27.9 Å². The maximum Gasteiger partial charge on any atom is 0.490 e. The quantitative estimate of drug-likeness (QED) is 0.395. The molecule has 5 N–H and O–H groups in total. The van der Waals surface area contributed by atoms with Gasteiger partial charge in [-0.1, -0.05) is 11.8 Å². The van der Waals surface area contributed by atoms with Crippen LogP contribution in [0.3, 0.4) is 0 Å². The molecule has 4 aliphatic rings. The number of halogens is 3. The van der Waals surface area contributed by atoms with E-state index in [4.69, 9.17) is 15.6 Å². The van der Waals surface area contributed by atoms with Crippen LogP contribution in [-0.2, 0) is 14.4 Å². The van der Waals surface area contributed by atoms with Gasteiger partial charge in [-0.05, 0) is 36.1 Å². The molecule has 0 aliphatic carbocycles. The second-order valence-electron chi connectivity index (χ2n) is 6.96. The summed E-state index contributed by atoms with van der Waals surface area (Å²) in [5.41, 5.74) is 9.69. The molecule has 0 saturated carbocycles. The third-order valence-electron chi connectivity index (χ3n) is 4.84. The molecule has 0 aromatic carbocycles. The van der Waals surface area contributed by atoms with Crippen LogP contribution in [0.5, 0.6) is 0 Å². The fraction of sp³-hybridized carbons (Fsp3) is 0.316. The van der Waals surface area contributed by atoms with Gasteiger partial charge in [-0.15, -0.1) is 11.8 Å². The average molecular weight is 520 g/mol. The third-order valence-corrected chi connectivity index (χ3v) is 6.92. The number of aliphatic carboxylic acids is 2. The lowest BCUT2D eigenvalue weighted by atomic mass is 10.0. The van der Waals surface area contributed by atoms with Crippen LogP contribution in [0.25, 0.3) is 0 Å². The molecule has 0 bridgehead atoms. The minimum atomic E-state index is -5.08. The van der Waals surface area contributed by atoms with Gasteiger partial charge < -0.3 is 20.8 Å². The number of hydrazine groups is 1. The number of carbonyl (C=O) groups excluding carboxylic acids is 1. The molecule has 2 atom stereocenters. The topological polar surface area (TPSA) is 139 Å². The number of nitrogens with one attached hydrogen (secondary N) is 1. The van der Waals surface area contributed by atoms with Gasteiger partial charge in [0.2, 0.25) is 5.91 Å². The van der Waals surface area contributed by atoms with Crippen LogP contribution in [0, 0.1) is 0 Å². The molecule has 0 unspecified atom stereocenters. The first-order valence-electron chi connectivity index (χ1n) is 9.68. The van der Waals surface area contributed by atoms with Crippen molar-refractivity contribution < 1.29 is 37.8 Å². The Hall–Kier alpha value is -3.04. The van der Waals surface area contributed by atoms with E-state index in [1.54, 1.807) is 6.08 Å². The highest BCUT2D eigenvalue weighted by molar-refractivity contribution is 8.05. The molecule has 1 amide bonds. The highest BCUT2D eigenvalue weighted by atomic mass is 32.2. The summed E-state index contributed by atoms with van der Waals surface area (Å²) < 4.78 is 31.7. The van der Waals surface area contributed by atoms with Gasteiger partial charge in [0.05, 0.1) is 5.03 Å². The number of carboxylic acid groups (broad SMARTS) is 2. The first kappa shape index (κ1) is 25.6. The summed E-state index contributed by atoms with van der Waals surface area (Å²) >= 11 is 2.94. The monoisotopic (exact) mass is 519 g/mol. The van der Waals surface area contributed by atoms with Crippen LogP contribution >= 0.6 is 23.5 Å². The number of hydrogen-bond acceptors (Lipinski definition) is 9. The van der Waals surface area contributed by atoms with Crippen molar-refractivity contribution in [2.24, 2.45) is 5.73 Å². The van der Waals surface area contributed by atoms with E-state index in [1.165, 1.54) is 28.4 Å². The SMILES string of the molecule is CCN1C=CN2NC(S/C=C/C3=C(C(=O)O)N4C(=O)[C@@H](N)[C@@H]4SC3)=CC=C12.O=C(O)C(F)(F)F. The van der Waals surface area contributed by atoms with Gasteiger partial charge in [-0.25, -0.2) is 14.6 Å². The second-order valence-corrected chi connectivity index (χ2v) is 9.01. The van der Waals surface area contributed by atoms with Crippen molar-refractivity contribution in [3.63, 3.8) is 0 Å². The van der Waals surface area contributed by atoms with Gasteiger partial charge in [0.25, 0.3) is 0 Å². The molecule has 0 spiro atoms. The first-order valence-corrected chi connectivity index (χ1v) is 11.6. The minimum absolute atomic E-state index is 0.0381. The Labute approximate surface area is 200 Å². The molecule has 1 fully saturated rings. The highest BCUT2D eigenvalue weighted by Gasteiger charge is 2.51. The number of rotatable bonds is 5. The molecule has 1 saturated heterocycles. The van der Waals surface area contributed by atoms with E-state index >= 15 is 0 Å². The number of β-lactam (4-membered cyclic amide) rings is 1. The van der Waals surface area contributed by atoms with Crippen molar-refractivity contribution in [1.29, 1.82) is 0 Å². The largest absolute Gasteiger partial charge is 0.490 e. The zero-order chi connectivity index (χ0) is 25.2. The molecule has 34 heavy (non-hydrogen) atoms. The molecule has 0 radical (unpaired) electrons. The predicted octanol–water partition coefficient (Wildman–Crippen LogP) is 1.76. The number of nitrogens with zero attached hydrogens (tertiary/aromatic N) is 3. The Kier molecular flexibility index (Phi) is 7.57. The van der Waals surface area contributed by atoms with Crippen molar-refractivity contribution in [1.82, 2.24) is 20.2 Å². The number of amides is 1. The summed E-state index contributed by atoms with van der Waals surface area (Å²) in [6.07, 6.45) is 4.64. The normalized spacial score (nSPS) is 23.4. The number of fused-ring (bicyclic) bond motifs is 2. The molecular weight excluding hydrogens is 499 g/mol. The molecule has 0 aromatic rings. The molecule has 15 heteroatoms. The fourth-order valence-corrected chi connectivity index (χ4v) is 5.15. The van der Waals surface area contributed by atoms with Gasteiger partial charge in [0.1, 0.15) is 22.9 Å². The van der Waals surface area contributed by atoms with Crippen molar-refractivity contribution >= 4 is 41.4 Å². The number of allylic oxidation sites excluding steroid dienone is 3. The van der Waals surface area contributed by atoms with Crippen LogP contribution in [0.15, 0.2) is 58.2 Å². The standard InChI is InChI=1S/C17H19N5O3S2.C2HF3O2/c1-2-20-6-7-21-12(20)4-3-11(19-21)26-8-5-10-9-27-16-13(18)15(23)22(16)14(10)17(24)25;3-2(4,5)1(6)7/h3-8,13,16,19H,2,9,18H2,1H3,(H,24,25);(H,6,7)/b8-5+;/t13-,16+;/m1./s1. The van der Waals surface area contributed by atoms with Crippen LogP contribution in [0.4, 0.5) is 13.2 Å². The number of alkyl halides is 3. The van der Waals surface area contributed by atoms with Gasteiger partial charge in [-0.3, -0.25) is 15.1 Å². The summed E-state index contributed by atoms with van der Waals surface area (Å²) in [4.78, 5) is 35.9. The van der Waals surface area contributed by atoms with Crippen molar-refractivity contribution in [2.75, 3.05) is 12.3 Å². The number of nitrogens with two attached hydrogens (primary N) is 1. The summed E-state index contributed by atoms with van der Waals surface area (Å²) in [5.74, 6) is -2.62. The molecule has 10 nitrogen and oxygen atoms in total. The lowest BCUT2D eigenvalue weighted by Gasteiger charge is -2.47. The van der Waals surface area contributed by atoms with E-state index in [2.05, 4.69) is 17.2 Å². The molecule has 4 aliphatic heterocycles. The van der Waals surface area contributed by atoms with Crippen LogP contribution in [0.2, 0.25) is 0 Å². The van der Waals surface area contributed by atoms with Crippen molar-refractivity contribution in [3.05, 3.63) is 58.2 Å². The maximum atomic E-state index is 12.0. The zero-order valence-electron chi connectivity index (χ0n) is 17.5. The summed E-state index contributed by atoms with van der Waals surface area (Å²) in [6.45, 7) is 2.97. The van der Waals surface area contributed by atoms with Gasteiger partial charge in [0.15, 0.2) is 0 Å². The molecular formula is C19H20F3N5O5S2. The second kappa shape index (κ2) is 10.1. The number of carbonyl (C=O) groups is 3. The maximum absolute atomic E-state index is 12.0. The van der Waals surface area contributed by atoms with Crippen molar-refractivity contribution in [3.8, 4) is 0 Å². The Morgan fingerprint density at radius 3 is 2.59 bits per heavy atom. The Bertz CT molecular complexity index is 1040. The van der Waals surface area contributed by atoms with E-state index < -0.39 is 24.2 Å². The summed E-state index contributed by atoms with van der Waals surface area (Å²) in [5, 5.41) is 21.1. The summed E-state index contributed by atoms with van der Waals surface area (Å²) in [7, 11) is 0. The molecule has 4 rings (SSSR count). The minimum Gasteiger partial charge on any atom is -0.477 e. The van der Waals surface area contributed by atoms with E-state index in [1.807, 2.05) is 35.0 Å². The lowest BCUT2D eigenvalue weighted by molar-refractivity contribution is -0.192. The number of thioether (sulfide) groups is 2. The van der Waals surface area contributed by atoms with Gasteiger partial charge >= 0.3 is 18.1 Å². The molecule has 184 valence electrons. The Morgan fingerprint density at radius 2 is 2.00 bits per heavy atom. The van der Waals surface area contributed by atoms with Crippen molar-refractivity contribution in [2.45, 2.75) is 24.5 Å². The Morgan fingerprint density at radius 1 is 1.32 bits per heavy atom. The smallest absolute Gasteiger partial charge is 0.477 e. The van der Waals surface area contributed by atoms with Gasteiger partial charge in [-0.2, -0.15) is 13.2 Å². The predicted molar refractivity (Wildman–Crippen MR) is 119 cm³/mol. The van der Waals surface area contributed by atoms with E-state index in [-0.39, 0.29) is 17.0 Å². The van der Waals surface area contributed by atoms with E-state index in [0.29, 0.717) is 11.3 Å². The molecule has 0 aromatic heterocycles. The first-order chi connectivity index (χ1) is 16.0. The highest BCUT2D eigenvalue weighted by Crippen LogP contribution is 2.40. The van der Waals surface area contributed by atoms with Crippen LogP contribution < -0.4 is 11.2 Å².